The Labute approximate surface area is 105 Å². The number of hydrogen-bond acceptors (Lipinski definition) is 3. The predicted octanol–water partition coefficient (Wildman–Crippen LogP) is 2.40. The third-order valence-electron chi connectivity index (χ3n) is 2.54. The molecule has 0 atom stereocenters. The monoisotopic (exact) mass is 309 g/mol. The van der Waals surface area contributed by atoms with Crippen LogP contribution in [0, 0.1) is 0 Å². The van der Waals surface area contributed by atoms with E-state index in [1.165, 1.54) is 11.1 Å². The Bertz CT molecular complexity index is 437. The molecule has 0 aromatic carbocycles. The maximum Gasteiger partial charge on any atom is 0.419 e. The van der Waals surface area contributed by atoms with E-state index in [0.717, 1.165) is 6.07 Å². The molecule has 1 aliphatic rings. The van der Waals surface area contributed by atoms with Crippen LogP contribution in [0.15, 0.2) is 16.7 Å². The molecule has 7 heteroatoms. The van der Waals surface area contributed by atoms with E-state index in [-0.39, 0.29) is 5.82 Å². The van der Waals surface area contributed by atoms with E-state index in [2.05, 4.69) is 20.9 Å². The van der Waals surface area contributed by atoms with Crippen molar-refractivity contribution in [1.29, 1.82) is 0 Å². The first-order valence-electron chi connectivity index (χ1n) is 4.96. The zero-order valence-electron chi connectivity index (χ0n) is 9.05. The summed E-state index contributed by atoms with van der Waals surface area (Å²) in [7, 11) is 0. The first kappa shape index (κ1) is 12.6. The summed E-state index contributed by atoms with van der Waals surface area (Å²) in [6.45, 7) is 2.56. The van der Waals surface area contributed by atoms with Crippen LogP contribution in [0.2, 0.25) is 0 Å². The Hall–Kier alpha value is -0.820. The molecule has 0 bridgehead atoms. The van der Waals surface area contributed by atoms with Crippen molar-refractivity contribution in [3.63, 3.8) is 0 Å². The Balaban J connectivity index is 2.35. The second kappa shape index (κ2) is 3.84. The molecule has 2 N–H and O–H groups in total. The maximum atomic E-state index is 12.8. The molecule has 1 aromatic heterocycles. The van der Waals surface area contributed by atoms with E-state index in [9.17, 15) is 13.2 Å². The molecule has 0 amide bonds. The summed E-state index contributed by atoms with van der Waals surface area (Å²) in [5.41, 5.74) is 4.61. The first-order valence-corrected chi connectivity index (χ1v) is 5.75. The van der Waals surface area contributed by atoms with E-state index >= 15 is 0 Å². The average molecular weight is 310 g/mol. The molecule has 0 radical (unpaired) electrons. The van der Waals surface area contributed by atoms with Gasteiger partial charge in [-0.05, 0) is 28.9 Å². The highest BCUT2D eigenvalue weighted by molar-refractivity contribution is 9.10. The van der Waals surface area contributed by atoms with Crippen LogP contribution in [-0.4, -0.2) is 23.6 Å². The molecule has 94 valence electrons. The molecule has 2 rings (SSSR count). The second-order valence-corrected chi connectivity index (χ2v) is 5.45. The van der Waals surface area contributed by atoms with Gasteiger partial charge in [0.2, 0.25) is 0 Å². The number of alkyl halides is 3. The molecule has 0 unspecified atom stereocenters. The van der Waals surface area contributed by atoms with Crippen LogP contribution >= 0.6 is 15.9 Å². The minimum absolute atomic E-state index is 0.0522. The standard InChI is InChI=1S/C10H11BrF3N3/c1-9(15)4-17(5-9)8-7(10(12,13)14)2-6(11)3-16-8/h2-3H,4-5,15H2,1H3. The Morgan fingerprint density at radius 1 is 1.47 bits per heavy atom. The molecule has 1 fully saturated rings. The van der Waals surface area contributed by atoms with E-state index in [4.69, 9.17) is 5.73 Å². The van der Waals surface area contributed by atoms with E-state index in [0.29, 0.717) is 17.6 Å². The van der Waals surface area contributed by atoms with E-state index in [1.54, 1.807) is 6.92 Å². The van der Waals surface area contributed by atoms with Crippen molar-refractivity contribution in [2.24, 2.45) is 5.73 Å². The highest BCUT2D eigenvalue weighted by atomic mass is 79.9. The minimum Gasteiger partial charge on any atom is -0.352 e. The Morgan fingerprint density at radius 3 is 2.53 bits per heavy atom. The van der Waals surface area contributed by atoms with Crippen molar-refractivity contribution < 1.29 is 13.2 Å². The van der Waals surface area contributed by atoms with Crippen molar-refractivity contribution >= 4 is 21.7 Å². The predicted molar refractivity (Wildman–Crippen MR) is 61.7 cm³/mol. The second-order valence-electron chi connectivity index (χ2n) is 4.53. The lowest BCUT2D eigenvalue weighted by molar-refractivity contribution is -0.137. The van der Waals surface area contributed by atoms with Crippen LogP contribution in [0.25, 0.3) is 0 Å². The smallest absolute Gasteiger partial charge is 0.352 e. The fraction of sp³-hybridized carbons (Fsp3) is 0.500. The average Bonchev–Trinajstić information content (AvgIpc) is 2.12. The normalized spacial score (nSPS) is 19.1. The van der Waals surface area contributed by atoms with E-state index < -0.39 is 17.3 Å². The van der Waals surface area contributed by atoms with Crippen molar-refractivity contribution in [2.45, 2.75) is 18.6 Å². The lowest BCUT2D eigenvalue weighted by Crippen LogP contribution is -2.66. The van der Waals surface area contributed by atoms with Crippen LogP contribution in [0.5, 0.6) is 0 Å². The number of aromatic nitrogens is 1. The first-order chi connectivity index (χ1) is 7.69. The van der Waals surface area contributed by atoms with Crippen LogP contribution in [0.1, 0.15) is 12.5 Å². The number of nitrogens with zero attached hydrogens (tertiary/aromatic N) is 2. The molecule has 1 saturated heterocycles. The van der Waals surface area contributed by atoms with Crippen molar-refractivity contribution in [3.05, 3.63) is 22.3 Å². The maximum absolute atomic E-state index is 12.8. The fourth-order valence-corrected chi connectivity index (χ4v) is 2.20. The summed E-state index contributed by atoms with van der Waals surface area (Å²) in [4.78, 5) is 5.37. The zero-order chi connectivity index (χ0) is 12.8. The van der Waals surface area contributed by atoms with Gasteiger partial charge in [0, 0.05) is 29.3 Å². The van der Waals surface area contributed by atoms with Crippen molar-refractivity contribution in [3.8, 4) is 0 Å². The summed E-state index contributed by atoms with van der Waals surface area (Å²) >= 11 is 2.99. The quantitative estimate of drug-likeness (QED) is 0.866. The lowest BCUT2D eigenvalue weighted by Gasteiger charge is -2.46. The van der Waals surface area contributed by atoms with Gasteiger partial charge in [-0.3, -0.25) is 0 Å². The highest BCUT2D eigenvalue weighted by Gasteiger charge is 2.42. The number of hydrogen-bond donors (Lipinski definition) is 1. The number of pyridine rings is 1. The molecule has 0 spiro atoms. The molecular formula is C10H11BrF3N3. The minimum atomic E-state index is -4.41. The van der Waals surface area contributed by atoms with Crippen LogP contribution in [-0.2, 0) is 6.18 Å². The van der Waals surface area contributed by atoms with Gasteiger partial charge in [0.25, 0.3) is 0 Å². The van der Waals surface area contributed by atoms with Gasteiger partial charge < -0.3 is 10.6 Å². The highest BCUT2D eigenvalue weighted by Crippen LogP contribution is 2.38. The van der Waals surface area contributed by atoms with Crippen molar-refractivity contribution in [2.75, 3.05) is 18.0 Å². The lowest BCUT2D eigenvalue weighted by atomic mass is 9.93. The van der Waals surface area contributed by atoms with Crippen LogP contribution in [0.4, 0.5) is 19.0 Å². The van der Waals surface area contributed by atoms with Gasteiger partial charge in [0.1, 0.15) is 5.82 Å². The van der Waals surface area contributed by atoms with Crippen LogP contribution < -0.4 is 10.6 Å². The topological polar surface area (TPSA) is 42.1 Å². The van der Waals surface area contributed by atoms with Gasteiger partial charge in [-0.1, -0.05) is 0 Å². The molecule has 2 heterocycles. The van der Waals surface area contributed by atoms with E-state index in [1.807, 2.05) is 0 Å². The molecule has 3 nitrogen and oxygen atoms in total. The fourth-order valence-electron chi connectivity index (χ4n) is 1.87. The Kier molecular flexibility index (Phi) is 2.86. The molecule has 17 heavy (non-hydrogen) atoms. The molecule has 0 aliphatic carbocycles. The number of anilines is 1. The number of halogens is 4. The summed E-state index contributed by atoms with van der Waals surface area (Å²) in [6.07, 6.45) is -3.05. The van der Waals surface area contributed by atoms with Gasteiger partial charge in [-0.25, -0.2) is 4.98 Å². The van der Waals surface area contributed by atoms with Crippen molar-refractivity contribution in [1.82, 2.24) is 4.98 Å². The van der Waals surface area contributed by atoms with Gasteiger partial charge in [0.15, 0.2) is 0 Å². The summed E-state index contributed by atoms with van der Waals surface area (Å²) in [5, 5.41) is 0. The zero-order valence-corrected chi connectivity index (χ0v) is 10.6. The molecular weight excluding hydrogens is 299 g/mol. The number of nitrogens with two attached hydrogens (primary N) is 1. The van der Waals surface area contributed by atoms with Gasteiger partial charge in [-0.15, -0.1) is 0 Å². The third-order valence-corrected chi connectivity index (χ3v) is 2.98. The van der Waals surface area contributed by atoms with Crippen LogP contribution in [0.3, 0.4) is 0 Å². The molecule has 1 aromatic rings. The summed E-state index contributed by atoms with van der Waals surface area (Å²) in [6, 6.07) is 1.04. The largest absolute Gasteiger partial charge is 0.419 e. The van der Waals surface area contributed by atoms with Gasteiger partial charge >= 0.3 is 6.18 Å². The third kappa shape index (κ3) is 2.55. The number of rotatable bonds is 1. The van der Waals surface area contributed by atoms with Gasteiger partial charge in [0.05, 0.1) is 5.56 Å². The molecule has 0 saturated carbocycles. The van der Waals surface area contributed by atoms with Gasteiger partial charge in [-0.2, -0.15) is 13.2 Å². The summed E-state index contributed by atoms with van der Waals surface area (Å²) < 4.78 is 38.8. The summed E-state index contributed by atoms with van der Waals surface area (Å²) in [5.74, 6) is -0.0522. The SMILES string of the molecule is CC1(N)CN(c2ncc(Br)cc2C(F)(F)F)C1. The molecule has 1 aliphatic heterocycles. The Morgan fingerprint density at radius 2 is 2.06 bits per heavy atom.